The molecule has 2 aromatic heterocycles. The molecule has 0 saturated heterocycles. The Labute approximate surface area is 177 Å². The van der Waals surface area contributed by atoms with Gasteiger partial charge in [0.2, 0.25) is 0 Å². The van der Waals surface area contributed by atoms with E-state index in [1.165, 1.54) is 6.39 Å². The molecule has 0 spiro atoms. The van der Waals surface area contributed by atoms with Crippen LogP contribution >= 0.6 is 0 Å². The summed E-state index contributed by atoms with van der Waals surface area (Å²) in [5.74, 6) is -1.01. The molecule has 0 bridgehead atoms. The first-order chi connectivity index (χ1) is 15.1. The molecular formula is C24H19N3O4. The molecule has 0 saturated carbocycles. The van der Waals surface area contributed by atoms with Crippen molar-refractivity contribution < 1.29 is 18.7 Å². The summed E-state index contributed by atoms with van der Waals surface area (Å²) in [6.45, 7) is 2.57. The highest BCUT2D eigenvalue weighted by molar-refractivity contribution is 6.10. The highest BCUT2D eigenvalue weighted by Crippen LogP contribution is 2.31. The lowest BCUT2D eigenvalue weighted by atomic mass is 10.1. The normalized spacial score (nSPS) is 11.3. The lowest BCUT2D eigenvalue weighted by Crippen LogP contribution is -2.20. The van der Waals surface area contributed by atoms with Gasteiger partial charge < -0.3 is 19.0 Å². The SMILES string of the molecule is CCn1c2ccccc2c2cc(NC(=O)COC(=O)c3ccc4ncoc4c3)ccc21. The van der Waals surface area contributed by atoms with Crippen molar-refractivity contribution in [3.05, 3.63) is 72.6 Å². The summed E-state index contributed by atoms with van der Waals surface area (Å²) in [7, 11) is 0. The van der Waals surface area contributed by atoms with Crippen LogP contribution in [0.1, 0.15) is 17.3 Å². The molecule has 0 radical (unpaired) electrons. The van der Waals surface area contributed by atoms with E-state index in [2.05, 4.69) is 33.9 Å². The molecule has 1 N–H and O–H groups in total. The van der Waals surface area contributed by atoms with E-state index < -0.39 is 11.9 Å². The van der Waals surface area contributed by atoms with Gasteiger partial charge in [0, 0.05) is 34.0 Å². The number of fused-ring (bicyclic) bond motifs is 4. The largest absolute Gasteiger partial charge is 0.452 e. The summed E-state index contributed by atoms with van der Waals surface area (Å²) < 4.78 is 12.6. The summed E-state index contributed by atoms with van der Waals surface area (Å²) in [5, 5.41) is 5.00. The maximum Gasteiger partial charge on any atom is 0.338 e. The smallest absolute Gasteiger partial charge is 0.338 e. The number of oxazole rings is 1. The zero-order valence-electron chi connectivity index (χ0n) is 16.8. The van der Waals surface area contributed by atoms with Gasteiger partial charge in [0.05, 0.1) is 5.56 Å². The molecule has 0 aliphatic heterocycles. The number of aryl methyl sites for hydroxylation is 1. The minimum Gasteiger partial charge on any atom is -0.452 e. The second kappa shape index (κ2) is 7.60. The number of amides is 1. The Hall–Kier alpha value is -4.13. The number of carbonyl (C=O) groups excluding carboxylic acids is 2. The summed E-state index contributed by atoms with van der Waals surface area (Å²) in [5.41, 5.74) is 4.34. The van der Waals surface area contributed by atoms with Crippen LogP contribution in [0.25, 0.3) is 32.9 Å². The highest BCUT2D eigenvalue weighted by Gasteiger charge is 2.14. The van der Waals surface area contributed by atoms with E-state index in [0.717, 1.165) is 28.4 Å². The van der Waals surface area contributed by atoms with E-state index in [9.17, 15) is 9.59 Å². The Bertz CT molecular complexity index is 1450. The van der Waals surface area contributed by atoms with Crippen molar-refractivity contribution in [2.45, 2.75) is 13.5 Å². The van der Waals surface area contributed by atoms with E-state index >= 15 is 0 Å². The monoisotopic (exact) mass is 413 g/mol. The fourth-order valence-electron chi connectivity index (χ4n) is 3.87. The molecule has 0 fully saturated rings. The molecule has 31 heavy (non-hydrogen) atoms. The predicted octanol–water partition coefficient (Wildman–Crippen LogP) is 4.75. The second-order valence-electron chi connectivity index (χ2n) is 7.15. The lowest BCUT2D eigenvalue weighted by Gasteiger charge is -2.08. The number of benzene rings is 3. The summed E-state index contributed by atoms with van der Waals surface area (Å²) in [6.07, 6.45) is 1.31. The standard InChI is InChI=1S/C24H19N3O4/c1-2-27-20-6-4-3-5-17(20)18-12-16(8-10-21(18)27)26-23(28)13-30-24(29)15-7-9-19-22(11-15)31-14-25-19/h3-12,14H,2,13H2,1H3,(H,26,28). The number of para-hydroxylation sites is 1. The van der Waals surface area contributed by atoms with Crippen molar-refractivity contribution in [3.8, 4) is 0 Å². The number of hydrogen-bond donors (Lipinski definition) is 1. The van der Waals surface area contributed by atoms with Crippen LogP contribution in [-0.2, 0) is 16.1 Å². The van der Waals surface area contributed by atoms with Gasteiger partial charge in [0.1, 0.15) is 5.52 Å². The fraction of sp³-hybridized carbons (Fsp3) is 0.125. The van der Waals surface area contributed by atoms with Gasteiger partial charge in [-0.25, -0.2) is 9.78 Å². The van der Waals surface area contributed by atoms with Crippen LogP contribution in [0.15, 0.2) is 71.5 Å². The first-order valence-corrected chi connectivity index (χ1v) is 9.95. The Morgan fingerprint density at radius 2 is 1.87 bits per heavy atom. The molecule has 0 unspecified atom stereocenters. The first-order valence-electron chi connectivity index (χ1n) is 9.95. The molecule has 1 amide bonds. The van der Waals surface area contributed by atoms with Crippen LogP contribution in [0.2, 0.25) is 0 Å². The molecule has 7 nitrogen and oxygen atoms in total. The predicted molar refractivity (Wildman–Crippen MR) is 118 cm³/mol. The maximum atomic E-state index is 12.4. The average molecular weight is 413 g/mol. The third-order valence-electron chi connectivity index (χ3n) is 5.27. The topological polar surface area (TPSA) is 86.4 Å². The number of hydrogen-bond acceptors (Lipinski definition) is 5. The van der Waals surface area contributed by atoms with Crippen LogP contribution in [0.4, 0.5) is 5.69 Å². The van der Waals surface area contributed by atoms with Gasteiger partial charge in [0.25, 0.3) is 5.91 Å². The van der Waals surface area contributed by atoms with Crippen LogP contribution in [0.3, 0.4) is 0 Å². The Balaban J connectivity index is 1.30. The Morgan fingerprint density at radius 1 is 1.03 bits per heavy atom. The number of esters is 1. The molecule has 0 aliphatic rings. The van der Waals surface area contributed by atoms with E-state index in [1.54, 1.807) is 18.2 Å². The van der Waals surface area contributed by atoms with Gasteiger partial charge in [0.15, 0.2) is 18.6 Å². The first kappa shape index (κ1) is 18.9. The van der Waals surface area contributed by atoms with Gasteiger partial charge in [-0.05, 0) is 49.4 Å². The third-order valence-corrected chi connectivity index (χ3v) is 5.27. The third kappa shape index (κ3) is 3.40. The van der Waals surface area contributed by atoms with E-state index in [-0.39, 0.29) is 6.61 Å². The van der Waals surface area contributed by atoms with E-state index in [0.29, 0.717) is 22.4 Å². The average Bonchev–Trinajstić information content (AvgIpc) is 3.39. The van der Waals surface area contributed by atoms with Crippen molar-refractivity contribution in [1.29, 1.82) is 0 Å². The number of nitrogens with zero attached hydrogens (tertiary/aromatic N) is 2. The van der Waals surface area contributed by atoms with E-state index in [4.69, 9.17) is 9.15 Å². The van der Waals surface area contributed by atoms with E-state index in [1.807, 2.05) is 30.3 Å². The van der Waals surface area contributed by atoms with Crippen molar-refractivity contribution in [3.63, 3.8) is 0 Å². The summed E-state index contributed by atoms with van der Waals surface area (Å²) in [6, 6.07) is 18.8. The number of aromatic nitrogens is 2. The molecule has 5 aromatic rings. The molecule has 5 rings (SSSR count). The minimum atomic E-state index is -0.602. The molecule has 154 valence electrons. The molecule has 0 aliphatic carbocycles. The van der Waals surface area contributed by atoms with Crippen molar-refractivity contribution in [2.75, 3.05) is 11.9 Å². The van der Waals surface area contributed by atoms with Crippen molar-refractivity contribution in [2.24, 2.45) is 0 Å². The number of ether oxygens (including phenoxy) is 1. The van der Waals surface area contributed by atoms with Gasteiger partial charge in [-0.2, -0.15) is 0 Å². The summed E-state index contributed by atoms with van der Waals surface area (Å²) in [4.78, 5) is 28.6. The maximum absolute atomic E-state index is 12.4. The van der Waals surface area contributed by atoms with Crippen molar-refractivity contribution >= 4 is 50.5 Å². The number of nitrogens with one attached hydrogen (secondary N) is 1. The number of carbonyl (C=O) groups is 2. The van der Waals surface area contributed by atoms with Crippen LogP contribution < -0.4 is 5.32 Å². The summed E-state index contributed by atoms with van der Waals surface area (Å²) >= 11 is 0. The van der Waals surface area contributed by atoms with Gasteiger partial charge >= 0.3 is 5.97 Å². The van der Waals surface area contributed by atoms with Crippen LogP contribution in [0.5, 0.6) is 0 Å². The molecule has 7 heteroatoms. The Kier molecular flexibility index (Phi) is 4.63. The lowest BCUT2D eigenvalue weighted by molar-refractivity contribution is -0.119. The quantitative estimate of drug-likeness (QED) is 0.420. The van der Waals surface area contributed by atoms with Gasteiger partial charge in [-0.3, -0.25) is 4.79 Å². The minimum absolute atomic E-state index is 0.297. The van der Waals surface area contributed by atoms with Crippen LogP contribution in [-0.4, -0.2) is 28.0 Å². The highest BCUT2D eigenvalue weighted by atomic mass is 16.5. The number of anilines is 1. The zero-order chi connectivity index (χ0) is 21.4. The molecule has 2 heterocycles. The molecule has 3 aromatic carbocycles. The fourth-order valence-corrected chi connectivity index (χ4v) is 3.87. The van der Waals surface area contributed by atoms with Gasteiger partial charge in [-0.15, -0.1) is 0 Å². The number of rotatable bonds is 5. The Morgan fingerprint density at radius 3 is 2.74 bits per heavy atom. The second-order valence-corrected chi connectivity index (χ2v) is 7.15. The van der Waals surface area contributed by atoms with Crippen molar-refractivity contribution in [1.82, 2.24) is 9.55 Å². The van der Waals surface area contributed by atoms with Gasteiger partial charge in [-0.1, -0.05) is 18.2 Å². The molecular weight excluding hydrogens is 394 g/mol. The van der Waals surface area contributed by atoms with Crippen LogP contribution in [0, 0.1) is 0 Å². The zero-order valence-corrected chi connectivity index (χ0v) is 16.8. The molecule has 0 atom stereocenters.